The van der Waals surface area contributed by atoms with Crippen LogP contribution in [0.25, 0.3) is 0 Å². The van der Waals surface area contributed by atoms with Crippen LogP contribution in [0.5, 0.6) is 0 Å². The standard InChI is InChI=1S/C16H25N3O2/c1-5-16(6-2,10-17)15(21)19-14-9-7-8-13(11(14)3)18-12(4)20/h7-9H,5-6,10,17H2,1-4H3,(H,18,20)(H,19,21). The lowest BCUT2D eigenvalue weighted by atomic mass is 9.81. The Hall–Kier alpha value is -1.88. The summed E-state index contributed by atoms with van der Waals surface area (Å²) in [4.78, 5) is 23.7. The van der Waals surface area contributed by atoms with Crippen molar-refractivity contribution in [3.63, 3.8) is 0 Å². The summed E-state index contributed by atoms with van der Waals surface area (Å²) in [6, 6.07) is 5.43. The third-order valence-electron chi connectivity index (χ3n) is 4.12. The van der Waals surface area contributed by atoms with Crippen molar-refractivity contribution in [3.8, 4) is 0 Å². The van der Waals surface area contributed by atoms with E-state index in [2.05, 4.69) is 10.6 Å². The van der Waals surface area contributed by atoms with E-state index < -0.39 is 5.41 Å². The summed E-state index contributed by atoms with van der Waals surface area (Å²) >= 11 is 0. The molecule has 0 aliphatic carbocycles. The second-order valence-corrected chi connectivity index (χ2v) is 5.31. The molecule has 0 radical (unpaired) electrons. The van der Waals surface area contributed by atoms with E-state index in [0.717, 1.165) is 5.56 Å². The Morgan fingerprint density at radius 3 is 2.10 bits per heavy atom. The Kier molecular flexibility index (Phi) is 5.90. The molecule has 1 rings (SSSR count). The molecule has 21 heavy (non-hydrogen) atoms. The Balaban J connectivity index is 3.03. The number of nitrogens with one attached hydrogen (secondary N) is 2. The largest absolute Gasteiger partial charge is 0.329 e. The maximum atomic E-state index is 12.5. The summed E-state index contributed by atoms with van der Waals surface area (Å²) in [7, 11) is 0. The molecule has 1 aromatic carbocycles. The lowest BCUT2D eigenvalue weighted by Gasteiger charge is -2.29. The molecule has 0 fully saturated rings. The molecule has 0 aliphatic rings. The maximum Gasteiger partial charge on any atom is 0.231 e. The maximum absolute atomic E-state index is 12.5. The monoisotopic (exact) mass is 291 g/mol. The van der Waals surface area contributed by atoms with Gasteiger partial charge < -0.3 is 16.4 Å². The fraction of sp³-hybridized carbons (Fsp3) is 0.500. The smallest absolute Gasteiger partial charge is 0.231 e. The quantitative estimate of drug-likeness (QED) is 0.753. The molecule has 4 N–H and O–H groups in total. The van der Waals surface area contributed by atoms with Crippen LogP contribution in [-0.4, -0.2) is 18.4 Å². The van der Waals surface area contributed by atoms with Crippen molar-refractivity contribution in [2.24, 2.45) is 11.1 Å². The summed E-state index contributed by atoms with van der Waals surface area (Å²) in [5.41, 5.74) is 7.49. The van der Waals surface area contributed by atoms with Gasteiger partial charge in [0.2, 0.25) is 11.8 Å². The molecule has 1 aromatic rings. The molecule has 116 valence electrons. The van der Waals surface area contributed by atoms with Crippen molar-refractivity contribution in [1.29, 1.82) is 0 Å². The van der Waals surface area contributed by atoms with E-state index >= 15 is 0 Å². The number of nitrogens with two attached hydrogens (primary N) is 1. The third-order valence-corrected chi connectivity index (χ3v) is 4.12. The Labute approximate surface area is 126 Å². The van der Waals surface area contributed by atoms with Gasteiger partial charge in [0.15, 0.2) is 0 Å². The number of carbonyl (C=O) groups excluding carboxylic acids is 2. The van der Waals surface area contributed by atoms with Gasteiger partial charge in [0.05, 0.1) is 5.41 Å². The van der Waals surface area contributed by atoms with Crippen molar-refractivity contribution in [1.82, 2.24) is 0 Å². The number of amides is 2. The summed E-state index contributed by atoms with van der Waals surface area (Å²) in [6.45, 7) is 7.57. The first-order valence-corrected chi connectivity index (χ1v) is 7.29. The van der Waals surface area contributed by atoms with Crippen molar-refractivity contribution < 1.29 is 9.59 Å². The highest BCUT2D eigenvalue weighted by Crippen LogP contribution is 2.29. The van der Waals surface area contributed by atoms with Crippen LogP contribution >= 0.6 is 0 Å². The van der Waals surface area contributed by atoms with E-state index in [1.807, 2.05) is 32.9 Å². The number of anilines is 2. The second kappa shape index (κ2) is 7.22. The number of hydrogen-bond donors (Lipinski definition) is 3. The van der Waals surface area contributed by atoms with Crippen LogP contribution in [0.4, 0.5) is 11.4 Å². The highest BCUT2D eigenvalue weighted by Gasteiger charge is 2.33. The number of carbonyl (C=O) groups is 2. The van der Waals surface area contributed by atoms with Gasteiger partial charge in [0.25, 0.3) is 0 Å². The van der Waals surface area contributed by atoms with E-state index in [9.17, 15) is 9.59 Å². The molecule has 5 heteroatoms. The molecule has 2 amide bonds. The van der Waals surface area contributed by atoms with E-state index in [4.69, 9.17) is 5.73 Å². The van der Waals surface area contributed by atoms with Crippen LogP contribution in [0.15, 0.2) is 18.2 Å². The third kappa shape index (κ3) is 3.82. The van der Waals surface area contributed by atoms with Crippen molar-refractivity contribution in [2.45, 2.75) is 40.5 Å². The summed E-state index contributed by atoms with van der Waals surface area (Å²) in [5, 5.41) is 5.70. The molecule has 0 spiro atoms. The summed E-state index contributed by atoms with van der Waals surface area (Å²) < 4.78 is 0. The molecule has 0 bridgehead atoms. The molecule has 0 aromatic heterocycles. The minimum Gasteiger partial charge on any atom is -0.329 e. The van der Waals surface area contributed by atoms with Crippen molar-refractivity contribution >= 4 is 23.2 Å². The molecule has 0 heterocycles. The van der Waals surface area contributed by atoms with Crippen molar-refractivity contribution in [2.75, 3.05) is 17.2 Å². The zero-order valence-electron chi connectivity index (χ0n) is 13.2. The molecule has 0 unspecified atom stereocenters. The predicted molar refractivity (Wildman–Crippen MR) is 86.2 cm³/mol. The van der Waals surface area contributed by atoms with Gasteiger partial charge in [-0.25, -0.2) is 0 Å². The molecular formula is C16H25N3O2. The van der Waals surface area contributed by atoms with Crippen LogP contribution in [0.2, 0.25) is 0 Å². The molecule has 0 atom stereocenters. The van der Waals surface area contributed by atoms with Gasteiger partial charge in [-0.15, -0.1) is 0 Å². The van der Waals surface area contributed by atoms with Gasteiger partial charge in [-0.1, -0.05) is 19.9 Å². The average molecular weight is 291 g/mol. The second-order valence-electron chi connectivity index (χ2n) is 5.31. The normalized spacial score (nSPS) is 11.1. The van der Waals surface area contributed by atoms with Crippen LogP contribution in [0.1, 0.15) is 39.2 Å². The van der Waals surface area contributed by atoms with Crippen LogP contribution in [-0.2, 0) is 9.59 Å². The lowest BCUT2D eigenvalue weighted by Crippen LogP contribution is -2.41. The van der Waals surface area contributed by atoms with E-state index in [-0.39, 0.29) is 11.8 Å². The van der Waals surface area contributed by atoms with Gasteiger partial charge in [0, 0.05) is 24.8 Å². The first-order valence-electron chi connectivity index (χ1n) is 7.29. The summed E-state index contributed by atoms with van der Waals surface area (Å²) in [5.74, 6) is -0.210. The molecule has 0 aliphatic heterocycles. The Morgan fingerprint density at radius 1 is 1.14 bits per heavy atom. The first-order chi connectivity index (χ1) is 9.90. The highest BCUT2D eigenvalue weighted by atomic mass is 16.2. The van der Waals surface area contributed by atoms with E-state index in [1.54, 1.807) is 6.07 Å². The van der Waals surface area contributed by atoms with Gasteiger partial charge in [-0.05, 0) is 37.5 Å². The fourth-order valence-electron chi connectivity index (χ4n) is 2.30. The minimum atomic E-state index is -0.545. The molecule has 0 saturated carbocycles. The molecule has 0 saturated heterocycles. The SMILES string of the molecule is CCC(CC)(CN)C(=O)Nc1cccc(NC(C)=O)c1C. The number of rotatable bonds is 6. The summed E-state index contributed by atoms with van der Waals surface area (Å²) in [6.07, 6.45) is 1.38. The number of hydrogen-bond acceptors (Lipinski definition) is 3. The number of benzene rings is 1. The highest BCUT2D eigenvalue weighted by molar-refractivity contribution is 5.98. The molecular weight excluding hydrogens is 266 g/mol. The van der Waals surface area contributed by atoms with E-state index in [1.165, 1.54) is 6.92 Å². The van der Waals surface area contributed by atoms with Gasteiger partial charge in [-0.2, -0.15) is 0 Å². The lowest BCUT2D eigenvalue weighted by molar-refractivity contribution is -0.125. The van der Waals surface area contributed by atoms with Crippen LogP contribution in [0, 0.1) is 12.3 Å². The van der Waals surface area contributed by atoms with Gasteiger partial charge in [0.1, 0.15) is 0 Å². The zero-order chi connectivity index (χ0) is 16.0. The van der Waals surface area contributed by atoms with E-state index in [0.29, 0.717) is 30.8 Å². The topological polar surface area (TPSA) is 84.2 Å². The van der Waals surface area contributed by atoms with Gasteiger partial charge >= 0.3 is 0 Å². The van der Waals surface area contributed by atoms with Crippen LogP contribution in [0.3, 0.4) is 0 Å². The predicted octanol–water partition coefficient (Wildman–Crippen LogP) is 2.66. The first kappa shape index (κ1) is 17.2. The molecule has 5 nitrogen and oxygen atoms in total. The Morgan fingerprint density at radius 2 is 1.67 bits per heavy atom. The average Bonchev–Trinajstić information content (AvgIpc) is 2.45. The Bertz CT molecular complexity index is 514. The fourth-order valence-corrected chi connectivity index (χ4v) is 2.30. The van der Waals surface area contributed by atoms with Crippen molar-refractivity contribution in [3.05, 3.63) is 23.8 Å². The van der Waals surface area contributed by atoms with Gasteiger partial charge in [-0.3, -0.25) is 9.59 Å². The minimum absolute atomic E-state index is 0.0712. The van der Waals surface area contributed by atoms with Crippen LogP contribution < -0.4 is 16.4 Å². The zero-order valence-corrected chi connectivity index (χ0v) is 13.2.